The minimum absolute atomic E-state index is 0.411. The molecule has 0 saturated carbocycles. The molecule has 0 aromatic heterocycles. The minimum atomic E-state index is 0.411. The highest BCUT2D eigenvalue weighted by atomic mass is 15.2. The lowest BCUT2D eigenvalue weighted by molar-refractivity contribution is 0.268. The standard InChI is InChI=1S/C19H23N/c1-2-16-13-14-20(15-16)19(17-9-5-3-6-10-17)18-11-7-4-8-12-18/h3-12,16,19H,2,13-15H2,1H3. The average Bonchev–Trinajstić information content (AvgIpc) is 2.98. The van der Waals surface area contributed by atoms with Gasteiger partial charge >= 0.3 is 0 Å². The van der Waals surface area contributed by atoms with Gasteiger partial charge in [-0.2, -0.15) is 0 Å². The quantitative estimate of drug-likeness (QED) is 0.786. The minimum Gasteiger partial charge on any atom is -0.292 e. The van der Waals surface area contributed by atoms with Crippen LogP contribution in [0.4, 0.5) is 0 Å². The van der Waals surface area contributed by atoms with Gasteiger partial charge < -0.3 is 0 Å². The summed E-state index contributed by atoms with van der Waals surface area (Å²) in [5, 5.41) is 0. The molecule has 1 unspecified atom stereocenters. The SMILES string of the molecule is CCC1CCN(C(c2ccccc2)c2ccccc2)C1. The van der Waals surface area contributed by atoms with Crippen LogP contribution in [-0.4, -0.2) is 18.0 Å². The molecule has 20 heavy (non-hydrogen) atoms. The first kappa shape index (κ1) is 13.4. The van der Waals surface area contributed by atoms with Crippen LogP contribution in [0.3, 0.4) is 0 Å². The molecular weight excluding hydrogens is 242 g/mol. The lowest BCUT2D eigenvalue weighted by Gasteiger charge is -2.29. The molecule has 0 aliphatic carbocycles. The Balaban J connectivity index is 1.93. The maximum atomic E-state index is 2.65. The summed E-state index contributed by atoms with van der Waals surface area (Å²) < 4.78 is 0. The highest BCUT2D eigenvalue weighted by molar-refractivity contribution is 5.32. The lowest BCUT2D eigenvalue weighted by atomic mass is 9.97. The zero-order valence-electron chi connectivity index (χ0n) is 12.2. The number of rotatable bonds is 4. The van der Waals surface area contributed by atoms with Gasteiger partial charge in [-0.05, 0) is 30.0 Å². The zero-order valence-corrected chi connectivity index (χ0v) is 12.2. The van der Waals surface area contributed by atoms with Gasteiger partial charge in [0.15, 0.2) is 0 Å². The number of likely N-dealkylation sites (tertiary alicyclic amines) is 1. The molecule has 0 radical (unpaired) electrons. The van der Waals surface area contributed by atoms with Crippen LogP contribution in [0.1, 0.15) is 36.9 Å². The van der Waals surface area contributed by atoms with Gasteiger partial charge in [0.1, 0.15) is 0 Å². The molecule has 1 fully saturated rings. The Morgan fingerprint density at radius 1 is 0.950 bits per heavy atom. The topological polar surface area (TPSA) is 3.24 Å². The van der Waals surface area contributed by atoms with E-state index in [2.05, 4.69) is 72.5 Å². The molecule has 2 aromatic rings. The van der Waals surface area contributed by atoms with Crippen molar-refractivity contribution in [3.05, 3.63) is 71.8 Å². The van der Waals surface area contributed by atoms with E-state index in [-0.39, 0.29) is 0 Å². The van der Waals surface area contributed by atoms with Crippen molar-refractivity contribution < 1.29 is 0 Å². The molecule has 1 saturated heterocycles. The first-order chi connectivity index (χ1) is 9.88. The lowest BCUT2D eigenvalue weighted by Crippen LogP contribution is -2.27. The second-order valence-electron chi connectivity index (χ2n) is 5.78. The Labute approximate surface area is 122 Å². The van der Waals surface area contributed by atoms with Gasteiger partial charge in [-0.25, -0.2) is 0 Å². The van der Waals surface area contributed by atoms with E-state index in [1.807, 2.05) is 0 Å². The third kappa shape index (κ3) is 2.78. The Bertz CT molecular complexity index is 480. The third-order valence-corrected chi connectivity index (χ3v) is 4.49. The molecule has 0 amide bonds. The summed E-state index contributed by atoms with van der Waals surface area (Å²) in [7, 11) is 0. The Kier molecular flexibility index (Phi) is 4.17. The molecule has 1 heteroatoms. The van der Waals surface area contributed by atoms with Gasteiger partial charge in [0.05, 0.1) is 6.04 Å². The van der Waals surface area contributed by atoms with Crippen LogP contribution in [0, 0.1) is 5.92 Å². The zero-order chi connectivity index (χ0) is 13.8. The maximum absolute atomic E-state index is 2.65. The van der Waals surface area contributed by atoms with Crippen molar-refractivity contribution in [3.8, 4) is 0 Å². The van der Waals surface area contributed by atoms with E-state index in [0.717, 1.165) is 5.92 Å². The van der Waals surface area contributed by atoms with Gasteiger partial charge in [-0.3, -0.25) is 4.90 Å². The summed E-state index contributed by atoms with van der Waals surface area (Å²) in [6.45, 7) is 4.76. The van der Waals surface area contributed by atoms with Crippen LogP contribution in [0.5, 0.6) is 0 Å². The highest BCUT2D eigenvalue weighted by Gasteiger charge is 2.29. The predicted octanol–water partition coefficient (Wildman–Crippen LogP) is 4.51. The summed E-state index contributed by atoms with van der Waals surface area (Å²) in [6.07, 6.45) is 2.64. The Morgan fingerprint density at radius 2 is 1.50 bits per heavy atom. The molecule has 104 valence electrons. The van der Waals surface area contributed by atoms with Gasteiger partial charge in [0.2, 0.25) is 0 Å². The van der Waals surface area contributed by atoms with Crippen LogP contribution in [-0.2, 0) is 0 Å². The Hall–Kier alpha value is -1.60. The van der Waals surface area contributed by atoms with Crippen molar-refractivity contribution in [3.63, 3.8) is 0 Å². The van der Waals surface area contributed by atoms with Gasteiger partial charge in [0, 0.05) is 6.54 Å². The monoisotopic (exact) mass is 265 g/mol. The smallest absolute Gasteiger partial charge is 0.0601 e. The summed E-state index contributed by atoms with van der Waals surface area (Å²) >= 11 is 0. The molecule has 0 spiro atoms. The summed E-state index contributed by atoms with van der Waals surface area (Å²) in [5.41, 5.74) is 2.82. The molecule has 1 aliphatic rings. The van der Waals surface area contributed by atoms with Gasteiger partial charge in [0.25, 0.3) is 0 Å². The van der Waals surface area contributed by atoms with Crippen molar-refractivity contribution in [2.75, 3.05) is 13.1 Å². The summed E-state index contributed by atoms with van der Waals surface area (Å²) in [4.78, 5) is 2.65. The molecule has 3 rings (SSSR count). The normalized spacial score (nSPS) is 19.6. The average molecular weight is 265 g/mol. The molecule has 0 bridgehead atoms. The van der Waals surface area contributed by atoms with Crippen LogP contribution >= 0.6 is 0 Å². The largest absolute Gasteiger partial charge is 0.292 e. The van der Waals surface area contributed by atoms with E-state index in [4.69, 9.17) is 0 Å². The van der Waals surface area contributed by atoms with Crippen molar-refractivity contribution in [2.24, 2.45) is 5.92 Å². The van der Waals surface area contributed by atoms with Crippen LogP contribution in [0.15, 0.2) is 60.7 Å². The van der Waals surface area contributed by atoms with Crippen molar-refractivity contribution in [2.45, 2.75) is 25.8 Å². The van der Waals surface area contributed by atoms with E-state index < -0.39 is 0 Å². The predicted molar refractivity (Wildman–Crippen MR) is 84.7 cm³/mol. The van der Waals surface area contributed by atoms with Crippen LogP contribution in [0.25, 0.3) is 0 Å². The molecule has 1 aliphatic heterocycles. The number of benzene rings is 2. The Morgan fingerprint density at radius 3 is 1.95 bits per heavy atom. The molecule has 0 N–H and O–H groups in total. The van der Waals surface area contributed by atoms with E-state index in [0.29, 0.717) is 6.04 Å². The van der Waals surface area contributed by atoms with Crippen molar-refractivity contribution in [1.82, 2.24) is 4.90 Å². The second-order valence-corrected chi connectivity index (χ2v) is 5.78. The molecule has 1 nitrogen and oxygen atoms in total. The molecular formula is C19H23N. The van der Waals surface area contributed by atoms with Crippen LogP contribution in [0.2, 0.25) is 0 Å². The van der Waals surface area contributed by atoms with Gasteiger partial charge in [-0.15, -0.1) is 0 Å². The van der Waals surface area contributed by atoms with Crippen LogP contribution < -0.4 is 0 Å². The highest BCUT2D eigenvalue weighted by Crippen LogP contribution is 2.33. The van der Waals surface area contributed by atoms with Gasteiger partial charge in [-0.1, -0.05) is 74.0 Å². The first-order valence-corrected chi connectivity index (χ1v) is 7.72. The third-order valence-electron chi connectivity index (χ3n) is 4.49. The van der Waals surface area contributed by atoms with E-state index in [1.54, 1.807) is 0 Å². The molecule has 1 heterocycles. The van der Waals surface area contributed by atoms with Crippen molar-refractivity contribution >= 4 is 0 Å². The molecule has 2 aromatic carbocycles. The fourth-order valence-corrected chi connectivity index (χ4v) is 3.32. The summed E-state index contributed by atoms with van der Waals surface area (Å²) in [5.74, 6) is 0.866. The van der Waals surface area contributed by atoms with E-state index >= 15 is 0 Å². The van der Waals surface area contributed by atoms with Crippen molar-refractivity contribution in [1.29, 1.82) is 0 Å². The fourth-order valence-electron chi connectivity index (χ4n) is 3.32. The number of nitrogens with zero attached hydrogens (tertiary/aromatic N) is 1. The number of hydrogen-bond acceptors (Lipinski definition) is 1. The van der Waals surface area contributed by atoms with E-state index in [1.165, 1.54) is 37.1 Å². The van der Waals surface area contributed by atoms with E-state index in [9.17, 15) is 0 Å². The first-order valence-electron chi connectivity index (χ1n) is 7.72. The summed E-state index contributed by atoms with van der Waals surface area (Å²) in [6, 6.07) is 22.3. The molecule has 1 atom stereocenters. The maximum Gasteiger partial charge on any atom is 0.0601 e. The fraction of sp³-hybridized carbons (Fsp3) is 0.368. The second kappa shape index (κ2) is 6.23. The number of hydrogen-bond donors (Lipinski definition) is 0.